The Balaban J connectivity index is 2.96. The molecule has 0 bridgehead atoms. The molecule has 2 aromatic rings. The summed E-state index contributed by atoms with van der Waals surface area (Å²) in [5, 5.41) is 19.5. The fraction of sp³-hybridized carbons (Fsp3) is 0.0909. The molecule has 0 saturated heterocycles. The first kappa shape index (κ1) is 10.7. The summed E-state index contributed by atoms with van der Waals surface area (Å²) in [5.41, 5.74) is 0.620. The smallest absolute Gasteiger partial charge is 0.340 e. The first-order valence-electron chi connectivity index (χ1n) is 4.53. The number of benzene rings is 1. The van der Waals surface area contributed by atoms with Gasteiger partial charge in [0.05, 0.1) is 11.2 Å². The van der Waals surface area contributed by atoms with Gasteiger partial charge in [-0.1, -0.05) is 11.6 Å². The molecule has 0 unspecified atom stereocenters. The van der Waals surface area contributed by atoms with Gasteiger partial charge in [-0.25, -0.2) is 9.78 Å². The summed E-state index contributed by atoms with van der Waals surface area (Å²) in [6.45, 7) is 1.55. The molecule has 1 heterocycles. The Morgan fingerprint density at radius 3 is 2.75 bits per heavy atom. The van der Waals surface area contributed by atoms with Crippen molar-refractivity contribution in [2.24, 2.45) is 0 Å². The molecule has 0 radical (unpaired) electrons. The van der Waals surface area contributed by atoms with Crippen molar-refractivity contribution in [3.63, 3.8) is 0 Å². The normalized spacial score (nSPS) is 10.6. The second kappa shape index (κ2) is 3.64. The van der Waals surface area contributed by atoms with Gasteiger partial charge in [-0.3, -0.25) is 0 Å². The van der Waals surface area contributed by atoms with E-state index in [1.165, 1.54) is 6.07 Å². The van der Waals surface area contributed by atoms with Crippen LogP contribution in [0.1, 0.15) is 16.1 Å². The molecule has 0 aliphatic heterocycles. The van der Waals surface area contributed by atoms with Crippen LogP contribution in [0.4, 0.5) is 0 Å². The molecule has 0 fully saturated rings. The Morgan fingerprint density at radius 1 is 1.44 bits per heavy atom. The van der Waals surface area contributed by atoms with Crippen LogP contribution in [0.25, 0.3) is 10.9 Å². The highest BCUT2D eigenvalue weighted by atomic mass is 35.5. The highest BCUT2D eigenvalue weighted by molar-refractivity contribution is 6.31. The van der Waals surface area contributed by atoms with Crippen LogP contribution >= 0.6 is 11.6 Å². The van der Waals surface area contributed by atoms with Gasteiger partial charge in [-0.2, -0.15) is 0 Å². The highest BCUT2D eigenvalue weighted by Crippen LogP contribution is 2.30. The van der Waals surface area contributed by atoms with Crippen LogP contribution in [0, 0.1) is 6.92 Å². The molecule has 82 valence electrons. The van der Waals surface area contributed by atoms with Crippen LogP contribution in [0.3, 0.4) is 0 Å². The van der Waals surface area contributed by atoms with Crippen molar-refractivity contribution < 1.29 is 15.0 Å². The molecule has 0 aliphatic rings. The third-order valence-corrected chi connectivity index (χ3v) is 2.54. The third-order valence-electron chi connectivity index (χ3n) is 2.31. The minimum Gasteiger partial charge on any atom is -0.505 e. The highest BCUT2D eigenvalue weighted by Gasteiger charge is 2.17. The number of carboxylic acid groups (broad SMARTS) is 1. The number of halogens is 1. The Hall–Kier alpha value is -1.81. The number of aromatic carboxylic acids is 1. The summed E-state index contributed by atoms with van der Waals surface area (Å²) in [4.78, 5) is 15.2. The summed E-state index contributed by atoms with van der Waals surface area (Å²) in [7, 11) is 0. The zero-order valence-electron chi connectivity index (χ0n) is 8.36. The van der Waals surface area contributed by atoms with Crippen LogP contribution in [-0.4, -0.2) is 21.2 Å². The van der Waals surface area contributed by atoms with Gasteiger partial charge in [-0.05, 0) is 25.1 Å². The fourth-order valence-corrected chi connectivity index (χ4v) is 1.74. The number of carboxylic acids is 1. The van der Waals surface area contributed by atoms with Crippen molar-refractivity contribution >= 4 is 28.5 Å². The van der Waals surface area contributed by atoms with Crippen LogP contribution < -0.4 is 0 Å². The van der Waals surface area contributed by atoms with E-state index in [1.807, 2.05) is 0 Å². The van der Waals surface area contributed by atoms with Gasteiger partial charge in [-0.15, -0.1) is 0 Å². The second-order valence-corrected chi connectivity index (χ2v) is 3.82. The molecule has 1 aromatic heterocycles. The maximum atomic E-state index is 11.1. The van der Waals surface area contributed by atoms with Gasteiger partial charge in [0, 0.05) is 10.4 Å². The number of fused-ring (bicyclic) bond motifs is 1. The molecule has 0 aliphatic carbocycles. The lowest BCUT2D eigenvalue weighted by Crippen LogP contribution is -2.01. The molecule has 5 heteroatoms. The minimum atomic E-state index is -1.20. The van der Waals surface area contributed by atoms with Crippen molar-refractivity contribution in [1.29, 1.82) is 0 Å². The summed E-state index contributed by atoms with van der Waals surface area (Å²) in [6, 6.07) is 4.72. The average molecular weight is 238 g/mol. The lowest BCUT2D eigenvalue weighted by Gasteiger charge is -2.07. The topological polar surface area (TPSA) is 70.4 Å². The summed E-state index contributed by atoms with van der Waals surface area (Å²) in [5.74, 6) is -1.52. The van der Waals surface area contributed by atoms with Gasteiger partial charge >= 0.3 is 5.97 Å². The number of nitrogens with zero attached hydrogens (tertiary/aromatic N) is 1. The van der Waals surface area contributed by atoms with Gasteiger partial charge in [0.2, 0.25) is 0 Å². The number of aromatic nitrogens is 1. The molecule has 2 rings (SSSR count). The third kappa shape index (κ3) is 1.57. The Morgan fingerprint density at radius 2 is 2.12 bits per heavy atom. The molecule has 4 nitrogen and oxygen atoms in total. The van der Waals surface area contributed by atoms with E-state index in [4.69, 9.17) is 16.7 Å². The summed E-state index contributed by atoms with van der Waals surface area (Å²) < 4.78 is 0. The number of carbonyl (C=O) groups is 1. The zero-order chi connectivity index (χ0) is 11.9. The summed E-state index contributed by atoms with van der Waals surface area (Å²) in [6.07, 6.45) is 0. The van der Waals surface area contributed by atoms with Gasteiger partial charge in [0.15, 0.2) is 5.75 Å². The Labute approximate surface area is 96.1 Å². The van der Waals surface area contributed by atoms with Crippen molar-refractivity contribution in [1.82, 2.24) is 4.98 Å². The molecule has 1 aromatic carbocycles. The first-order chi connectivity index (χ1) is 7.50. The molecule has 0 amide bonds. The van der Waals surface area contributed by atoms with Crippen molar-refractivity contribution in [3.05, 3.63) is 34.5 Å². The van der Waals surface area contributed by atoms with Gasteiger partial charge in [0.1, 0.15) is 5.56 Å². The minimum absolute atomic E-state index is 0.162. The quantitative estimate of drug-likeness (QED) is 0.800. The van der Waals surface area contributed by atoms with Gasteiger partial charge in [0.25, 0.3) is 0 Å². The Kier molecular flexibility index (Phi) is 2.44. The number of hydrogen-bond donors (Lipinski definition) is 2. The molecule has 2 N–H and O–H groups in total. The second-order valence-electron chi connectivity index (χ2n) is 3.39. The van der Waals surface area contributed by atoms with Gasteiger partial charge < -0.3 is 10.2 Å². The van der Waals surface area contributed by atoms with E-state index in [2.05, 4.69) is 4.98 Å². The number of aryl methyl sites for hydroxylation is 1. The molecule has 0 spiro atoms. The van der Waals surface area contributed by atoms with E-state index in [1.54, 1.807) is 19.1 Å². The van der Waals surface area contributed by atoms with Crippen molar-refractivity contribution in [3.8, 4) is 5.75 Å². The SMILES string of the molecule is Cc1nc2ccc(Cl)cc2c(C(=O)O)c1O. The predicted molar refractivity (Wildman–Crippen MR) is 60.1 cm³/mol. The maximum absolute atomic E-state index is 11.1. The van der Waals surface area contributed by atoms with E-state index < -0.39 is 5.97 Å². The van der Waals surface area contributed by atoms with Crippen LogP contribution in [0.15, 0.2) is 18.2 Å². The van der Waals surface area contributed by atoms with E-state index in [9.17, 15) is 9.90 Å². The number of hydrogen-bond acceptors (Lipinski definition) is 3. The number of pyridine rings is 1. The lowest BCUT2D eigenvalue weighted by molar-refractivity contribution is 0.0695. The predicted octanol–water partition coefficient (Wildman–Crippen LogP) is 2.60. The zero-order valence-corrected chi connectivity index (χ0v) is 9.12. The Bertz CT molecular complexity index is 595. The van der Waals surface area contributed by atoms with E-state index >= 15 is 0 Å². The molecule has 0 atom stereocenters. The number of aromatic hydroxyl groups is 1. The van der Waals surface area contributed by atoms with Crippen molar-refractivity contribution in [2.45, 2.75) is 6.92 Å². The van der Waals surface area contributed by atoms with E-state index in [0.717, 1.165) is 0 Å². The standard InChI is InChI=1S/C11H8ClNO3/c1-5-10(14)9(11(15)16)7-4-6(12)2-3-8(7)13-5/h2-4,14H,1H3,(H,15,16). The van der Waals surface area contributed by atoms with Crippen LogP contribution in [0.5, 0.6) is 5.75 Å². The summed E-state index contributed by atoms with van der Waals surface area (Å²) >= 11 is 5.79. The fourth-order valence-electron chi connectivity index (χ4n) is 1.56. The maximum Gasteiger partial charge on any atom is 0.340 e. The monoisotopic (exact) mass is 237 g/mol. The van der Waals surface area contributed by atoms with E-state index in [-0.39, 0.29) is 17.0 Å². The molecular weight excluding hydrogens is 230 g/mol. The van der Waals surface area contributed by atoms with Crippen LogP contribution in [0.2, 0.25) is 5.02 Å². The lowest BCUT2D eigenvalue weighted by atomic mass is 10.1. The molecular formula is C11H8ClNO3. The van der Waals surface area contributed by atoms with Crippen LogP contribution in [-0.2, 0) is 0 Å². The van der Waals surface area contributed by atoms with E-state index in [0.29, 0.717) is 15.9 Å². The average Bonchev–Trinajstić information content (AvgIpc) is 2.20. The number of rotatable bonds is 1. The molecule has 16 heavy (non-hydrogen) atoms. The molecule has 0 saturated carbocycles. The largest absolute Gasteiger partial charge is 0.505 e. The van der Waals surface area contributed by atoms with Crippen molar-refractivity contribution in [2.75, 3.05) is 0 Å². The first-order valence-corrected chi connectivity index (χ1v) is 4.90.